The van der Waals surface area contributed by atoms with Crippen LogP contribution in [0, 0.1) is 6.92 Å². The second-order valence-electron chi connectivity index (χ2n) is 5.90. The third kappa shape index (κ3) is 3.63. The van der Waals surface area contributed by atoms with Crippen molar-refractivity contribution in [2.45, 2.75) is 51.5 Å². The zero-order valence-corrected chi connectivity index (χ0v) is 12.8. The molecule has 1 saturated carbocycles. The highest BCUT2D eigenvalue weighted by atomic mass is 15.2. The van der Waals surface area contributed by atoms with Gasteiger partial charge < -0.3 is 9.88 Å². The molecule has 2 aromatic heterocycles. The number of nitrogens with zero attached hydrogens (tertiary/aromatic N) is 3. The van der Waals surface area contributed by atoms with Crippen molar-refractivity contribution in [3.63, 3.8) is 0 Å². The van der Waals surface area contributed by atoms with Crippen molar-refractivity contribution in [2.75, 3.05) is 11.9 Å². The third-order valence-corrected chi connectivity index (χ3v) is 4.21. The topological polar surface area (TPSA) is 42.7 Å². The fourth-order valence-electron chi connectivity index (χ4n) is 3.13. The van der Waals surface area contributed by atoms with Crippen molar-refractivity contribution in [1.29, 1.82) is 0 Å². The summed E-state index contributed by atoms with van der Waals surface area (Å²) in [6.07, 6.45) is 11.6. The van der Waals surface area contributed by atoms with Crippen LogP contribution in [0.1, 0.15) is 49.5 Å². The lowest BCUT2D eigenvalue weighted by Crippen LogP contribution is -2.17. The monoisotopic (exact) mass is 284 g/mol. The van der Waals surface area contributed by atoms with E-state index in [1.54, 1.807) is 0 Å². The first kappa shape index (κ1) is 14.1. The minimum atomic E-state index is 0.623. The number of hydrogen-bond donors (Lipinski definition) is 1. The molecule has 4 nitrogen and oxygen atoms in total. The van der Waals surface area contributed by atoms with Crippen molar-refractivity contribution < 1.29 is 0 Å². The van der Waals surface area contributed by atoms with Gasteiger partial charge in [0.05, 0.1) is 5.69 Å². The van der Waals surface area contributed by atoms with Gasteiger partial charge in [-0.05, 0) is 31.9 Å². The lowest BCUT2D eigenvalue weighted by atomic mass is 9.95. The van der Waals surface area contributed by atoms with Crippen LogP contribution in [-0.4, -0.2) is 21.1 Å². The largest absolute Gasteiger partial charge is 0.355 e. The summed E-state index contributed by atoms with van der Waals surface area (Å²) < 4.78 is 2.35. The SMILES string of the molecule is Cc1cn(C2CCCCC2)c(NCCc2ccccn2)n1. The third-order valence-electron chi connectivity index (χ3n) is 4.21. The van der Waals surface area contributed by atoms with Gasteiger partial charge in [0.1, 0.15) is 0 Å². The molecule has 0 saturated heterocycles. The van der Waals surface area contributed by atoms with Crippen LogP contribution < -0.4 is 5.32 Å². The lowest BCUT2D eigenvalue weighted by molar-refractivity contribution is 0.355. The maximum absolute atomic E-state index is 4.65. The Labute approximate surface area is 126 Å². The molecule has 0 aliphatic heterocycles. The predicted molar refractivity (Wildman–Crippen MR) is 85.5 cm³/mol. The summed E-state index contributed by atoms with van der Waals surface area (Å²) in [5.74, 6) is 1.02. The second-order valence-corrected chi connectivity index (χ2v) is 5.90. The standard InChI is InChI=1S/C17H24N4/c1-14-13-21(16-8-3-2-4-9-16)17(20-14)19-12-10-15-7-5-6-11-18-15/h5-7,11,13,16H,2-4,8-10,12H2,1H3,(H,19,20). The number of aromatic nitrogens is 3. The van der Waals surface area contributed by atoms with Crippen LogP contribution in [0.5, 0.6) is 0 Å². The van der Waals surface area contributed by atoms with Crippen molar-refractivity contribution >= 4 is 5.95 Å². The molecular formula is C17H24N4. The summed E-state index contributed by atoms with van der Waals surface area (Å²) in [4.78, 5) is 9.01. The highest BCUT2D eigenvalue weighted by Crippen LogP contribution is 2.30. The average molecular weight is 284 g/mol. The van der Waals surface area contributed by atoms with E-state index >= 15 is 0 Å². The van der Waals surface area contributed by atoms with Crippen LogP contribution in [0.3, 0.4) is 0 Å². The van der Waals surface area contributed by atoms with E-state index in [1.807, 2.05) is 18.3 Å². The van der Waals surface area contributed by atoms with Crippen LogP contribution in [-0.2, 0) is 6.42 Å². The zero-order chi connectivity index (χ0) is 14.5. The van der Waals surface area contributed by atoms with E-state index in [0.29, 0.717) is 6.04 Å². The van der Waals surface area contributed by atoms with Gasteiger partial charge in [0.15, 0.2) is 0 Å². The quantitative estimate of drug-likeness (QED) is 0.909. The molecule has 0 aromatic carbocycles. The Bertz CT molecular complexity index is 555. The number of pyridine rings is 1. The lowest BCUT2D eigenvalue weighted by Gasteiger charge is -2.24. The van der Waals surface area contributed by atoms with E-state index in [0.717, 1.165) is 30.3 Å². The molecule has 0 bridgehead atoms. The molecule has 3 rings (SSSR count). The van der Waals surface area contributed by atoms with E-state index in [-0.39, 0.29) is 0 Å². The van der Waals surface area contributed by atoms with Crippen LogP contribution >= 0.6 is 0 Å². The number of rotatable bonds is 5. The van der Waals surface area contributed by atoms with E-state index in [9.17, 15) is 0 Å². The van der Waals surface area contributed by atoms with Gasteiger partial charge in [-0.15, -0.1) is 0 Å². The maximum atomic E-state index is 4.65. The molecule has 1 N–H and O–H groups in total. The molecule has 1 fully saturated rings. The van der Waals surface area contributed by atoms with Crippen molar-refractivity contribution in [3.05, 3.63) is 42.0 Å². The molecule has 0 radical (unpaired) electrons. The number of hydrogen-bond acceptors (Lipinski definition) is 3. The summed E-state index contributed by atoms with van der Waals surface area (Å²) in [6, 6.07) is 6.68. The van der Waals surface area contributed by atoms with Crippen LogP contribution in [0.4, 0.5) is 5.95 Å². The first-order valence-corrected chi connectivity index (χ1v) is 8.02. The van der Waals surface area contributed by atoms with E-state index < -0.39 is 0 Å². The molecule has 1 aliphatic carbocycles. The second kappa shape index (κ2) is 6.74. The predicted octanol–water partition coefficient (Wildman–Crippen LogP) is 3.75. The summed E-state index contributed by atoms with van der Waals surface area (Å²) in [7, 11) is 0. The molecule has 4 heteroatoms. The van der Waals surface area contributed by atoms with Gasteiger partial charge >= 0.3 is 0 Å². The normalized spacial score (nSPS) is 16.0. The Morgan fingerprint density at radius 1 is 1.24 bits per heavy atom. The van der Waals surface area contributed by atoms with Crippen molar-refractivity contribution in [1.82, 2.24) is 14.5 Å². The molecule has 1 aliphatic rings. The summed E-state index contributed by atoms with van der Waals surface area (Å²) >= 11 is 0. The van der Waals surface area contributed by atoms with Crippen LogP contribution in [0.25, 0.3) is 0 Å². The van der Waals surface area contributed by atoms with Crippen LogP contribution in [0.2, 0.25) is 0 Å². The minimum Gasteiger partial charge on any atom is -0.355 e. The number of aryl methyl sites for hydroxylation is 1. The highest BCUT2D eigenvalue weighted by molar-refractivity contribution is 5.30. The fourth-order valence-corrected chi connectivity index (χ4v) is 3.13. The molecule has 2 heterocycles. The van der Waals surface area contributed by atoms with E-state index in [1.165, 1.54) is 32.1 Å². The first-order chi connectivity index (χ1) is 10.3. The Hall–Kier alpha value is -1.84. The number of nitrogens with one attached hydrogen (secondary N) is 1. The molecule has 0 unspecified atom stereocenters. The summed E-state index contributed by atoms with van der Waals surface area (Å²) in [5.41, 5.74) is 2.22. The molecule has 2 aromatic rings. The first-order valence-electron chi connectivity index (χ1n) is 8.02. The smallest absolute Gasteiger partial charge is 0.203 e. The van der Waals surface area contributed by atoms with Gasteiger partial charge in [0.2, 0.25) is 5.95 Å². The Balaban J connectivity index is 1.62. The number of imidazole rings is 1. The summed E-state index contributed by atoms with van der Waals surface area (Å²) in [5, 5.41) is 3.49. The molecule has 21 heavy (non-hydrogen) atoms. The molecule has 0 amide bonds. The Kier molecular flexibility index (Phi) is 4.53. The molecule has 0 spiro atoms. The van der Waals surface area contributed by atoms with Gasteiger partial charge in [-0.2, -0.15) is 0 Å². The van der Waals surface area contributed by atoms with Crippen LogP contribution in [0.15, 0.2) is 30.6 Å². The van der Waals surface area contributed by atoms with Gasteiger partial charge in [-0.1, -0.05) is 25.3 Å². The van der Waals surface area contributed by atoms with Gasteiger partial charge in [0, 0.05) is 37.1 Å². The highest BCUT2D eigenvalue weighted by Gasteiger charge is 2.18. The fraction of sp³-hybridized carbons (Fsp3) is 0.529. The van der Waals surface area contributed by atoms with Gasteiger partial charge in [0.25, 0.3) is 0 Å². The zero-order valence-electron chi connectivity index (χ0n) is 12.8. The van der Waals surface area contributed by atoms with Crippen molar-refractivity contribution in [2.24, 2.45) is 0 Å². The molecule has 112 valence electrons. The van der Waals surface area contributed by atoms with Gasteiger partial charge in [-0.3, -0.25) is 4.98 Å². The van der Waals surface area contributed by atoms with Crippen molar-refractivity contribution in [3.8, 4) is 0 Å². The Morgan fingerprint density at radius 2 is 2.10 bits per heavy atom. The molecular weight excluding hydrogens is 260 g/mol. The maximum Gasteiger partial charge on any atom is 0.203 e. The average Bonchev–Trinajstić information content (AvgIpc) is 2.90. The molecule has 0 atom stereocenters. The number of anilines is 1. The summed E-state index contributed by atoms with van der Waals surface area (Å²) in [6.45, 7) is 2.95. The van der Waals surface area contributed by atoms with E-state index in [2.05, 4.69) is 39.0 Å². The minimum absolute atomic E-state index is 0.623. The Morgan fingerprint density at radius 3 is 2.86 bits per heavy atom. The van der Waals surface area contributed by atoms with E-state index in [4.69, 9.17) is 0 Å². The van der Waals surface area contributed by atoms with Gasteiger partial charge in [-0.25, -0.2) is 4.98 Å².